The van der Waals surface area contributed by atoms with Gasteiger partial charge in [0.05, 0.1) is 11.7 Å². The molecule has 0 spiro atoms. The highest BCUT2D eigenvalue weighted by Crippen LogP contribution is 2.47. The van der Waals surface area contributed by atoms with Gasteiger partial charge in [0.15, 0.2) is 4.77 Å². The molecule has 6 rings (SSSR count). The van der Waals surface area contributed by atoms with Gasteiger partial charge in [-0.1, -0.05) is 56.7 Å². The summed E-state index contributed by atoms with van der Waals surface area (Å²) >= 11 is 6.09. The van der Waals surface area contributed by atoms with Crippen LogP contribution in [0.5, 0.6) is 5.88 Å². The fourth-order valence-electron chi connectivity index (χ4n) is 6.55. The molecule has 30 heavy (non-hydrogen) atoms. The normalized spacial score (nSPS) is 22.9. The molecule has 3 aliphatic rings. The van der Waals surface area contributed by atoms with Crippen molar-refractivity contribution in [3.63, 3.8) is 0 Å². The zero-order valence-corrected chi connectivity index (χ0v) is 18.4. The molecule has 1 atom stereocenters. The summed E-state index contributed by atoms with van der Waals surface area (Å²) in [5, 5.41) is 12.7. The van der Waals surface area contributed by atoms with E-state index < -0.39 is 0 Å². The van der Waals surface area contributed by atoms with Crippen molar-refractivity contribution in [2.24, 2.45) is 5.92 Å². The summed E-state index contributed by atoms with van der Waals surface area (Å²) in [6.45, 7) is 0. The van der Waals surface area contributed by atoms with Crippen LogP contribution in [-0.4, -0.2) is 19.2 Å². The number of hydrogen-bond donors (Lipinski definition) is 2. The van der Waals surface area contributed by atoms with Crippen molar-refractivity contribution in [1.29, 1.82) is 0 Å². The topological polar surface area (TPSA) is 45.9 Å². The standard InChI is InChI=1S/C25H31N3OS/c29-24-21-15-19-18-13-7-8-14-20(18)26-22(19)23(16-9-3-1-4-10-16)28(21)25(30)27(24)17-11-5-2-6-12-17/h7-8,13-14,16-17,23,26,29H,1-6,9-12,15H2. The molecule has 2 saturated carbocycles. The third kappa shape index (κ3) is 2.74. The molecule has 0 amide bonds. The quantitative estimate of drug-likeness (QED) is 0.448. The minimum atomic E-state index is 0.222. The van der Waals surface area contributed by atoms with Crippen LogP contribution in [0.15, 0.2) is 24.3 Å². The molecular weight excluding hydrogens is 390 g/mol. The second kappa shape index (κ2) is 7.30. The maximum absolute atomic E-state index is 11.4. The van der Waals surface area contributed by atoms with E-state index in [-0.39, 0.29) is 6.04 Å². The number of aromatic amines is 1. The van der Waals surface area contributed by atoms with Crippen molar-refractivity contribution in [2.75, 3.05) is 0 Å². The lowest BCUT2D eigenvalue weighted by atomic mass is 9.80. The van der Waals surface area contributed by atoms with Crippen molar-refractivity contribution in [1.82, 2.24) is 14.1 Å². The average molecular weight is 422 g/mol. The van der Waals surface area contributed by atoms with E-state index >= 15 is 0 Å². The van der Waals surface area contributed by atoms with E-state index in [9.17, 15) is 5.11 Å². The van der Waals surface area contributed by atoms with Crippen molar-refractivity contribution >= 4 is 23.1 Å². The summed E-state index contributed by atoms with van der Waals surface area (Å²) < 4.78 is 5.31. The molecule has 5 heteroatoms. The third-order valence-corrected chi connectivity index (χ3v) is 8.38. The Morgan fingerprint density at radius 1 is 0.900 bits per heavy atom. The van der Waals surface area contributed by atoms with E-state index in [2.05, 4.69) is 38.4 Å². The summed E-state index contributed by atoms with van der Waals surface area (Å²) in [5.74, 6) is 1.02. The first-order valence-electron chi connectivity index (χ1n) is 11.9. The molecule has 3 aromatic rings. The van der Waals surface area contributed by atoms with Crippen molar-refractivity contribution in [3.8, 4) is 5.88 Å². The van der Waals surface area contributed by atoms with Gasteiger partial charge < -0.3 is 14.7 Å². The lowest BCUT2D eigenvalue weighted by molar-refractivity contribution is 0.264. The van der Waals surface area contributed by atoms with Crippen LogP contribution in [0, 0.1) is 10.7 Å². The molecule has 158 valence electrons. The largest absolute Gasteiger partial charge is 0.493 e. The van der Waals surface area contributed by atoms with Crippen LogP contribution in [-0.2, 0) is 6.42 Å². The van der Waals surface area contributed by atoms with Crippen LogP contribution >= 0.6 is 12.2 Å². The fourth-order valence-corrected chi connectivity index (χ4v) is 7.00. The SMILES string of the molecule is Oc1c2n(c(=S)n1C1CCCCC1)C(C1CCCCC1)c1[nH]c3ccccc3c1C2. The Labute approximate surface area is 182 Å². The molecule has 3 heterocycles. The zero-order valence-electron chi connectivity index (χ0n) is 17.6. The van der Waals surface area contributed by atoms with Crippen molar-refractivity contribution < 1.29 is 5.11 Å². The van der Waals surface area contributed by atoms with Gasteiger partial charge in [0.2, 0.25) is 5.88 Å². The Morgan fingerprint density at radius 2 is 1.60 bits per heavy atom. The van der Waals surface area contributed by atoms with E-state index in [1.807, 2.05) is 0 Å². The molecular formula is C25H31N3OS. The number of aromatic hydroxyl groups is 1. The van der Waals surface area contributed by atoms with Gasteiger partial charge in [0.1, 0.15) is 0 Å². The Balaban J connectivity index is 1.56. The zero-order chi connectivity index (χ0) is 20.2. The molecule has 1 aromatic carbocycles. The van der Waals surface area contributed by atoms with Gasteiger partial charge in [-0.15, -0.1) is 0 Å². The second-order valence-electron chi connectivity index (χ2n) is 9.67. The minimum absolute atomic E-state index is 0.222. The predicted molar refractivity (Wildman–Crippen MR) is 123 cm³/mol. The summed E-state index contributed by atoms with van der Waals surface area (Å²) in [5.41, 5.74) is 4.96. The fraction of sp³-hybridized carbons (Fsp3) is 0.560. The van der Waals surface area contributed by atoms with Gasteiger partial charge in [-0.2, -0.15) is 0 Å². The molecule has 2 N–H and O–H groups in total. The Hall–Kier alpha value is -2.01. The molecule has 2 aliphatic carbocycles. The predicted octanol–water partition coefficient (Wildman–Crippen LogP) is 6.79. The molecule has 4 nitrogen and oxygen atoms in total. The highest BCUT2D eigenvalue weighted by Gasteiger charge is 2.38. The first-order valence-corrected chi connectivity index (χ1v) is 12.3. The maximum Gasteiger partial charge on any atom is 0.214 e. The number of benzene rings is 1. The smallest absolute Gasteiger partial charge is 0.214 e. The molecule has 2 fully saturated rings. The molecule has 2 aromatic heterocycles. The number of fused-ring (bicyclic) bond motifs is 4. The van der Waals surface area contributed by atoms with Crippen LogP contribution in [0.3, 0.4) is 0 Å². The van der Waals surface area contributed by atoms with Crippen molar-refractivity contribution in [3.05, 3.63) is 46.0 Å². The maximum atomic E-state index is 11.4. The number of rotatable bonds is 2. The van der Waals surface area contributed by atoms with Crippen LogP contribution in [0.2, 0.25) is 0 Å². The number of imidazole rings is 1. The Morgan fingerprint density at radius 3 is 2.37 bits per heavy atom. The molecule has 1 aliphatic heterocycles. The number of nitrogens with one attached hydrogen (secondary N) is 1. The lowest BCUT2D eigenvalue weighted by Crippen LogP contribution is -2.29. The van der Waals surface area contributed by atoms with E-state index in [1.54, 1.807) is 0 Å². The number of H-pyrrole nitrogens is 1. The third-order valence-electron chi connectivity index (χ3n) is 7.99. The van der Waals surface area contributed by atoms with Crippen LogP contribution in [0.1, 0.15) is 93.2 Å². The summed E-state index contributed by atoms with van der Waals surface area (Å²) in [6, 6.07) is 9.21. The second-order valence-corrected chi connectivity index (χ2v) is 10.0. The molecule has 0 bridgehead atoms. The van der Waals surface area contributed by atoms with Crippen molar-refractivity contribution in [2.45, 2.75) is 82.7 Å². The summed E-state index contributed by atoms with van der Waals surface area (Å²) in [6.07, 6.45) is 13.2. The van der Waals surface area contributed by atoms with Gasteiger partial charge >= 0.3 is 0 Å². The number of hydrogen-bond acceptors (Lipinski definition) is 2. The average Bonchev–Trinajstić information content (AvgIpc) is 3.28. The minimum Gasteiger partial charge on any atom is -0.493 e. The van der Waals surface area contributed by atoms with E-state index in [0.29, 0.717) is 17.8 Å². The van der Waals surface area contributed by atoms with Gasteiger partial charge in [-0.25, -0.2) is 0 Å². The summed E-state index contributed by atoms with van der Waals surface area (Å²) in [4.78, 5) is 3.78. The highest BCUT2D eigenvalue weighted by molar-refractivity contribution is 7.71. The molecule has 0 radical (unpaired) electrons. The molecule has 0 saturated heterocycles. The lowest BCUT2D eigenvalue weighted by Gasteiger charge is -2.35. The van der Waals surface area contributed by atoms with E-state index in [1.165, 1.54) is 73.5 Å². The van der Waals surface area contributed by atoms with Gasteiger partial charge in [0, 0.05) is 29.1 Å². The van der Waals surface area contributed by atoms with Gasteiger partial charge in [0.25, 0.3) is 0 Å². The summed E-state index contributed by atoms with van der Waals surface area (Å²) in [7, 11) is 0. The number of para-hydroxylation sites is 1. The van der Waals surface area contributed by atoms with Crippen LogP contribution < -0.4 is 0 Å². The van der Waals surface area contributed by atoms with Gasteiger partial charge in [-0.05, 0) is 55.4 Å². The Bertz CT molecular complexity index is 1140. The first-order chi connectivity index (χ1) is 14.7. The van der Waals surface area contributed by atoms with Crippen LogP contribution in [0.25, 0.3) is 10.9 Å². The highest BCUT2D eigenvalue weighted by atomic mass is 32.1. The van der Waals surface area contributed by atoms with E-state index in [0.717, 1.165) is 29.7 Å². The van der Waals surface area contributed by atoms with Gasteiger partial charge in [-0.3, -0.25) is 4.57 Å². The van der Waals surface area contributed by atoms with Crippen LogP contribution in [0.4, 0.5) is 0 Å². The first kappa shape index (κ1) is 18.7. The number of nitrogens with zero attached hydrogens (tertiary/aromatic N) is 2. The monoisotopic (exact) mass is 421 g/mol. The van der Waals surface area contributed by atoms with E-state index in [4.69, 9.17) is 12.2 Å². The molecule has 1 unspecified atom stereocenters. The number of aromatic nitrogens is 3. The Kier molecular flexibility index (Phi) is 4.56.